The highest BCUT2D eigenvalue weighted by atomic mass is 35.5. The van der Waals surface area contributed by atoms with Gasteiger partial charge in [0.05, 0.1) is 67.1 Å². The number of carbonyl (C=O) groups is 1. The van der Waals surface area contributed by atoms with Gasteiger partial charge < -0.3 is 95.8 Å². The van der Waals surface area contributed by atoms with Gasteiger partial charge in [0.25, 0.3) is 0 Å². The Morgan fingerprint density at radius 1 is 0.397 bits per heavy atom. The van der Waals surface area contributed by atoms with Crippen LogP contribution in [0.2, 0.25) is 5.15 Å². The minimum Gasteiger partial charge on any atom is -0.497 e. The van der Waals surface area contributed by atoms with Gasteiger partial charge in [-0.2, -0.15) is 4.98 Å². The highest BCUT2D eigenvalue weighted by Crippen LogP contribution is 2.39. The first-order chi connectivity index (χ1) is 67.7. The molecule has 25 heteroatoms. The molecule has 1 aliphatic rings. The number of nitrogens with zero attached hydrogens (tertiary/aromatic N) is 4. The number of pyridine rings is 1. The van der Waals surface area contributed by atoms with Gasteiger partial charge in [-0.15, -0.1) is 0 Å². The summed E-state index contributed by atoms with van der Waals surface area (Å²) in [6.07, 6.45) is 3.58. The number of hydrogen-bond acceptors (Lipinski definition) is 22. The first-order valence-corrected chi connectivity index (χ1v) is 51.1. The van der Waals surface area contributed by atoms with Crippen molar-refractivity contribution < 1.29 is 52.2 Å². The van der Waals surface area contributed by atoms with Crippen LogP contribution in [-0.4, -0.2) is 151 Å². The zero-order valence-corrected chi connectivity index (χ0v) is 97.6. The maximum Gasteiger partial charge on any atom is 0.337 e. The molecule has 0 aliphatic carbocycles. The number of methoxy groups -OCH3 is 6. The quantitative estimate of drug-likeness (QED) is 0.0195. The van der Waals surface area contributed by atoms with Crippen molar-refractivity contribution in [2.45, 2.75) is 278 Å². The van der Waals surface area contributed by atoms with E-state index >= 15 is 0 Å². The lowest BCUT2D eigenvalue weighted by molar-refractivity contribution is 0.0697. The summed E-state index contributed by atoms with van der Waals surface area (Å²) in [6.45, 7) is 85.3. The van der Waals surface area contributed by atoms with Crippen LogP contribution in [0, 0.1) is 86.8 Å². The van der Waals surface area contributed by atoms with Gasteiger partial charge in [-0.3, -0.25) is 4.98 Å². The molecule has 1 fully saturated rings. The molecule has 3 heterocycles. The molecule has 810 valence electrons. The number of anilines is 7. The van der Waals surface area contributed by atoms with Crippen molar-refractivity contribution >= 4 is 57.8 Å². The molecule has 10 aromatic rings. The van der Waals surface area contributed by atoms with E-state index in [0.717, 1.165) is 118 Å². The van der Waals surface area contributed by atoms with E-state index in [-0.39, 0.29) is 44.2 Å². The normalized spacial score (nSPS) is 12.0. The standard InChI is InChI=1S/C17H22N2O.C14H21NO4.C14H23NO3.C14H23N.C13H21ClN4O.2C13H21N.C12H19NO.C11H16FN/c1-17(2,3)13-19-15-6-8-16(9-7-15)20-12-14-5-4-10-18-11-14;1-14(2,3)8-15-10-7-12(19-5)11(18-4)6-9(10)13(16)17;1-14(2,3)15-9-10-7-11(16-4)13(18-6)12(8-10)17-5;1-10-7-11(2)13(12(3)8-10)15-9-14(4,5)6;1-13(2,3)9-15-12-16-10(14)8-11(17-12)18-4-6-19-7-5-18;1-10-6-11(2)8-12(7-10)14-9-13(3,4)5;1-10-6-7-12(11(2)8-10)14-9-13(3,4)5;1-12(2,3)13-9-10-5-7-11(14-4)8-6-10;1-11(2,3)13-8-9-4-6-10(12)7-5-9/h4-11,19H,12-13H2,1-3H3;6-7,15H,8H2,1-5H3,(H,16,17);7-8,15H,9H2,1-6H3;7-8,15H,9H2,1-6H3;8H,4-7,9H2,1-3H3,(H,15,16,17);2*6-8,14H,9H2,1-5H3;5-8,13H,9H2,1-4H3;4-7,13H,8H2,1-3H3. The van der Waals surface area contributed by atoms with Crippen molar-refractivity contribution in [3.05, 3.63) is 254 Å². The van der Waals surface area contributed by atoms with Gasteiger partial charge in [0, 0.05) is 148 Å². The molecule has 0 amide bonds. The van der Waals surface area contributed by atoms with Gasteiger partial charge in [0.1, 0.15) is 34.9 Å². The summed E-state index contributed by atoms with van der Waals surface area (Å²) in [4.78, 5) is 26.3. The zero-order chi connectivity index (χ0) is 110. The number of nitrogens with one attached hydrogen (secondary N) is 9. The highest BCUT2D eigenvalue weighted by molar-refractivity contribution is 6.29. The van der Waals surface area contributed by atoms with E-state index < -0.39 is 5.97 Å². The molecule has 1 aliphatic heterocycles. The molecule has 10 N–H and O–H groups in total. The number of carboxylic acid groups (broad SMARTS) is 1. The summed E-state index contributed by atoms with van der Waals surface area (Å²) in [5.74, 6) is 4.94. The number of rotatable bonds is 29. The minimum atomic E-state index is -1.00. The van der Waals surface area contributed by atoms with Crippen LogP contribution < -0.4 is 85.9 Å². The van der Waals surface area contributed by atoms with Crippen LogP contribution >= 0.6 is 11.6 Å². The van der Waals surface area contributed by atoms with E-state index in [4.69, 9.17) is 49.5 Å². The van der Waals surface area contributed by atoms with Crippen molar-refractivity contribution in [2.24, 2.45) is 32.5 Å². The number of carboxylic acids is 1. The molecule has 146 heavy (non-hydrogen) atoms. The summed E-state index contributed by atoms with van der Waals surface area (Å²) >= 11 is 6.07. The third-order valence-corrected chi connectivity index (χ3v) is 21.3. The Hall–Kier alpha value is -11.3. The number of aromatic carboxylic acids is 1. The van der Waals surface area contributed by atoms with Crippen molar-refractivity contribution in [2.75, 3.05) is 145 Å². The molecule has 0 spiro atoms. The SMILES string of the molecule is CC(C)(C)CNc1ccc(OCc2cccnc2)cc1.CC(C)(C)CNc1nc(Cl)cc(N2CCOCC2)n1.CC(C)(C)NCc1ccc(F)cc1.COc1cc(CNC(C)(C)C)cc(OC)c1OC.COc1cc(NCC(C)(C)C)c(C(=O)O)cc1OC.COc1ccc(CNC(C)(C)C)cc1.Cc1cc(C)c(NCC(C)(C)C)c(C)c1.Cc1cc(C)cc(NCC(C)(C)C)c1.Cc1ccc(NCC(C)(C)C)c(C)c1. The third-order valence-electron chi connectivity index (χ3n) is 21.1. The number of aromatic nitrogens is 3. The van der Waals surface area contributed by atoms with E-state index in [9.17, 15) is 14.3 Å². The van der Waals surface area contributed by atoms with E-state index in [0.29, 0.717) is 74.9 Å². The Kier molecular flexibility index (Phi) is 54.3. The van der Waals surface area contributed by atoms with Crippen LogP contribution in [0.5, 0.6) is 40.2 Å². The Morgan fingerprint density at radius 2 is 0.815 bits per heavy atom. The van der Waals surface area contributed by atoms with Gasteiger partial charge in [0.2, 0.25) is 11.7 Å². The minimum absolute atomic E-state index is 0.0446. The lowest BCUT2D eigenvalue weighted by Crippen LogP contribution is -2.37. The van der Waals surface area contributed by atoms with E-state index in [1.54, 1.807) is 58.9 Å². The second kappa shape index (κ2) is 61.5. The first-order valence-electron chi connectivity index (χ1n) is 50.8. The van der Waals surface area contributed by atoms with Crippen LogP contribution in [0.1, 0.15) is 258 Å². The molecule has 0 bridgehead atoms. The topological polar surface area (TPSA) is 261 Å². The zero-order valence-electron chi connectivity index (χ0n) is 96.8. The molecule has 0 atom stereocenters. The number of hydrogen-bond donors (Lipinski definition) is 10. The smallest absolute Gasteiger partial charge is 0.337 e. The molecular formula is C121H187ClFN13O10. The Balaban J connectivity index is 0.000000424. The Labute approximate surface area is 885 Å². The molecule has 0 radical (unpaired) electrons. The number of morpholine rings is 1. The van der Waals surface area contributed by atoms with E-state index in [1.807, 2.05) is 66.9 Å². The number of ether oxygens (including phenoxy) is 8. The predicted octanol–water partition coefficient (Wildman–Crippen LogP) is 28.9. The molecular weight excluding hydrogens is 1850 g/mol. The second-order valence-corrected chi connectivity index (χ2v) is 47.9. The van der Waals surface area contributed by atoms with Crippen LogP contribution in [0.3, 0.4) is 0 Å². The van der Waals surface area contributed by atoms with Crippen LogP contribution in [-0.2, 0) is 31.0 Å². The van der Waals surface area contributed by atoms with Crippen molar-refractivity contribution in [3.8, 4) is 40.2 Å². The molecule has 0 unspecified atom stereocenters. The average molecular weight is 2040 g/mol. The summed E-state index contributed by atoms with van der Waals surface area (Å²) in [5.41, 5.74) is 21.3. The largest absolute Gasteiger partial charge is 0.497 e. The average Bonchev–Trinajstić information content (AvgIpc) is 0.815. The monoisotopic (exact) mass is 2040 g/mol. The number of halogens is 2. The van der Waals surface area contributed by atoms with Gasteiger partial charge in [-0.1, -0.05) is 208 Å². The fraction of sp³-hybridized carbons (Fsp3) is 0.521. The number of benzene rings is 8. The summed E-state index contributed by atoms with van der Waals surface area (Å²) in [7, 11) is 9.53. The van der Waals surface area contributed by atoms with Crippen molar-refractivity contribution in [3.63, 3.8) is 0 Å². The maximum atomic E-state index is 12.5. The molecule has 0 saturated carbocycles. The highest BCUT2D eigenvalue weighted by Gasteiger charge is 2.23. The second-order valence-electron chi connectivity index (χ2n) is 47.5. The number of aryl methyl sites for hydroxylation is 7. The molecule has 23 nitrogen and oxygen atoms in total. The predicted molar refractivity (Wildman–Crippen MR) is 617 cm³/mol. The maximum absolute atomic E-state index is 12.5. The van der Waals surface area contributed by atoms with Crippen molar-refractivity contribution in [1.82, 2.24) is 30.9 Å². The Morgan fingerprint density at radius 3 is 1.25 bits per heavy atom. The molecule has 8 aromatic carbocycles. The fourth-order valence-electron chi connectivity index (χ4n) is 13.3. The summed E-state index contributed by atoms with van der Waals surface area (Å²) < 4.78 is 54.9. The Bertz CT molecular complexity index is 5360. The summed E-state index contributed by atoms with van der Waals surface area (Å²) in [5, 5.41) is 40.2. The van der Waals surface area contributed by atoms with Gasteiger partial charge in [0.15, 0.2) is 23.0 Å². The summed E-state index contributed by atoms with van der Waals surface area (Å²) in [6, 6.07) is 53.1. The third kappa shape index (κ3) is 58.3. The van der Waals surface area contributed by atoms with Crippen LogP contribution in [0.4, 0.5) is 44.6 Å². The lowest BCUT2D eigenvalue weighted by atomic mass is 9.96. The van der Waals surface area contributed by atoms with E-state index in [2.05, 4.69) is 364 Å². The van der Waals surface area contributed by atoms with Gasteiger partial charge in [-0.05, 0) is 273 Å². The van der Waals surface area contributed by atoms with Gasteiger partial charge in [-0.25, -0.2) is 14.2 Å². The molecule has 2 aromatic heterocycles. The molecule has 1 saturated heterocycles. The lowest BCUT2D eigenvalue weighted by Gasteiger charge is -2.28. The van der Waals surface area contributed by atoms with Crippen molar-refractivity contribution in [1.29, 1.82) is 0 Å². The van der Waals surface area contributed by atoms with Gasteiger partial charge >= 0.3 is 5.97 Å². The van der Waals surface area contributed by atoms with Crippen LogP contribution in [0.15, 0.2) is 176 Å². The fourth-order valence-corrected chi connectivity index (χ4v) is 13.5. The molecule has 11 rings (SSSR count). The first kappa shape index (κ1) is 129. The van der Waals surface area contributed by atoms with E-state index in [1.165, 1.54) is 94.0 Å². The van der Waals surface area contributed by atoms with Crippen LogP contribution in [0.25, 0.3) is 0 Å².